The van der Waals surface area contributed by atoms with Gasteiger partial charge in [0.2, 0.25) is 0 Å². The van der Waals surface area contributed by atoms with Gasteiger partial charge in [-0.25, -0.2) is 0 Å². The summed E-state index contributed by atoms with van der Waals surface area (Å²) in [5.74, 6) is 1.73. The van der Waals surface area contributed by atoms with Crippen molar-refractivity contribution < 1.29 is 28.3 Å². The van der Waals surface area contributed by atoms with Crippen LogP contribution in [0.25, 0.3) is 81.1 Å². The summed E-state index contributed by atoms with van der Waals surface area (Å²) < 4.78 is 52.1. The molecule has 0 aliphatic heterocycles. The molecule has 6 heteroatoms. The van der Waals surface area contributed by atoms with E-state index < -0.39 is 21.8 Å². The average Bonchev–Trinajstić information content (AvgIpc) is 3.88. The number of pyridine rings is 1. The second-order valence-electron chi connectivity index (χ2n) is 18.7. The molecule has 325 valence electrons. The van der Waals surface area contributed by atoms with Crippen LogP contribution in [0.2, 0.25) is 19.6 Å². The van der Waals surface area contributed by atoms with E-state index in [4.69, 9.17) is 13.2 Å². The van der Waals surface area contributed by atoms with Crippen molar-refractivity contribution >= 4 is 77.3 Å². The molecule has 0 aliphatic rings. The molecule has 0 N–H and O–H groups in total. The molecule has 3 nitrogen and oxygen atoms in total. The zero-order valence-electron chi connectivity index (χ0n) is 43.9. The van der Waals surface area contributed by atoms with Crippen LogP contribution in [-0.2, 0) is 20.1 Å². The largest absolute Gasteiger partial charge is 0.333 e. The summed E-state index contributed by atoms with van der Waals surface area (Å²) in [4.78, 5) is 9.79. The molecule has 0 aliphatic carbocycles. The quantitative estimate of drug-likeness (QED) is 0.0905. The van der Waals surface area contributed by atoms with Gasteiger partial charge in [0, 0.05) is 44.9 Å². The van der Waals surface area contributed by atoms with Crippen LogP contribution in [0, 0.1) is 25.8 Å². The molecule has 0 saturated heterocycles. The normalized spacial score (nSPS) is 13.8. The molecule has 7 aromatic carbocycles. The van der Waals surface area contributed by atoms with E-state index in [1.165, 1.54) is 44.1 Å². The van der Waals surface area contributed by atoms with Gasteiger partial charge in [-0.3, -0.25) is 4.98 Å². The van der Waals surface area contributed by atoms with Crippen LogP contribution in [-0.4, -0.2) is 22.6 Å². The first-order valence-electron chi connectivity index (χ1n) is 25.0. The van der Waals surface area contributed by atoms with Gasteiger partial charge in [0.1, 0.15) is 0 Å². The van der Waals surface area contributed by atoms with Crippen LogP contribution >= 0.6 is 11.3 Å². The maximum Gasteiger partial charge on any atom is 0.0795 e. The first kappa shape index (κ1) is 38.1. The molecule has 0 unspecified atom stereocenters. The Morgan fingerprint density at radius 1 is 0.688 bits per heavy atom. The minimum Gasteiger partial charge on any atom is -0.333 e. The topological polar surface area (TPSA) is 30.7 Å². The fourth-order valence-electron chi connectivity index (χ4n) is 8.67. The van der Waals surface area contributed by atoms with Gasteiger partial charge >= 0.3 is 0 Å². The average molecular weight is 1050 g/mol. The van der Waals surface area contributed by atoms with E-state index in [2.05, 4.69) is 168 Å². The summed E-state index contributed by atoms with van der Waals surface area (Å²) in [7, 11) is -1.34. The first-order chi connectivity index (χ1) is 32.6. The third-order valence-corrected chi connectivity index (χ3v) is 15.4. The molecule has 64 heavy (non-hydrogen) atoms. The number of benzene rings is 7. The number of nitrogens with zero attached hydrogens (tertiary/aromatic N) is 3. The van der Waals surface area contributed by atoms with Crippen LogP contribution < -0.4 is 5.19 Å². The Labute approximate surface area is 406 Å². The molecule has 0 amide bonds. The van der Waals surface area contributed by atoms with Crippen molar-refractivity contribution in [2.75, 3.05) is 0 Å². The number of hydrogen-bond donors (Lipinski definition) is 0. The minimum atomic E-state index is -2.30. The van der Waals surface area contributed by atoms with Crippen molar-refractivity contribution in [1.29, 1.82) is 0 Å². The predicted molar refractivity (Wildman–Crippen MR) is 276 cm³/mol. The molecule has 0 bridgehead atoms. The summed E-state index contributed by atoms with van der Waals surface area (Å²) in [5.41, 5.74) is 10.1. The second-order valence-corrected chi connectivity index (χ2v) is 24.8. The molecule has 3 aromatic heterocycles. The van der Waals surface area contributed by atoms with Crippen molar-refractivity contribution in [2.24, 2.45) is 0 Å². The maximum absolute atomic E-state index is 8.58. The Kier molecular flexibility index (Phi) is 10.7. The van der Waals surface area contributed by atoms with E-state index in [9.17, 15) is 0 Å². The molecule has 0 fully saturated rings. The number of fused-ring (bicyclic) bond motifs is 7. The molecule has 1 radical (unpaired) electrons. The molecule has 10 aromatic rings. The Balaban J connectivity index is 0.000000264. The SMILES string of the molecule is [2H]C([2H])([2H])c1c[c-]c(-c2ccc([Si](C)(C)C)cn2)cc1.[2H]C([2H])([2H])c1c[c-]c(-c2nc3ccccc3n2-c2c(C(C)C)cc(C(C)C)cc2C(C)C)c2sc3cc4c(ccc5ccccc54)cc3c12.[Ir]. The number of rotatable bonds is 7. The molecule has 3 heterocycles. The fourth-order valence-corrected chi connectivity index (χ4v) is 10.9. The van der Waals surface area contributed by atoms with Gasteiger partial charge in [-0.1, -0.05) is 159 Å². The number of imidazole rings is 1. The zero-order valence-corrected chi connectivity index (χ0v) is 42.2. The zero-order chi connectivity index (χ0) is 49.3. The Hall–Kier alpha value is -5.23. The minimum absolute atomic E-state index is 0. The van der Waals surface area contributed by atoms with E-state index in [1.807, 2.05) is 18.3 Å². The molecule has 10 rings (SSSR count). The maximum atomic E-state index is 8.58. The van der Waals surface area contributed by atoms with Crippen molar-refractivity contribution in [3.63, 3.8) is 0 Å². The van der Waals surface area contributed by atoms with Gasteiger partial charge in [0.05, 0.1) is 24.9 Å². The van der Waals surface area contributed by atoms with Crippen molar-refractivity contribution in [2.45, 2.75) is 92.6 Å². The monoisotopic (exact) mass is 1050 g/mol. The number of para-hydroxylation sites is 2. The third kappa shape index (κ3) is 8.42. The van der Waals surface area contributed by atoms with Crippen LogP contribution in [0.4, 0.5) is 0 Å². The summed E-state index contributed by atoms with van der Waals surface area (Å²) in [6.45, 7) is 16.0. The predicted octanol–water partition coefficient (Wildman–Crippen LogP) is 16.2. The van der Waals surface area contributed by atoms with Crippen LogP contribution in [0.5, 0.6) is 0 Å². The van der Waals surface area contributed by atoms with Crippen molar-refractivity contribution in [3.05, 3.63) is 167 Å². The second kappa shape index (κ2) is 18.0. The summed E-state index contributed by atoms with van der Waals surface area (Å²) in [6, 6.07) is 47.4. The van der Waals surface area contributed by atoms with Gasteiger partial charge < -0.3 is 9.55 Å². The molecule has 0 spiro atoms. The van der Waals surface area contributed by atoms with E-state index in [1.54, 1.807) is 29.5 Å². The first-order valence-corrected chi connectivity index (χ1v) is 26.3. The van der Waals surface area contributed by atoms with E-state index in [0.29, 0.717) is 17.0 Å². The van der Waals surface area contributed by atoms with E-state index in [0.717, 1.165) is 64.9 Å². The molecule has 0 saturated carbocycles. The third-order valence-electron chi connectivity index (χ3n) is 12.2. The van der Waals surface area contributed by atoms with Gasteiger partial charge in [0.15, 0.2) is 0 Å². The Bertz CT molecular complexity index is 3460. The standard InChI is InChI=1S/C43H39N2S.C15H18NSi.Ir/c1-24(2)30-21-33(25(3)4)41(34(22-30)26(5)6)45-38-15-11-10-14-37(38)44-43(45)32-19-16-27(7)40-36-20-29-18-17-28-12-8-9-13-31(28)35(29)23-39(36)46-42(32)40;1-12-5-7-13(8-6-12)15-10-9-14(11-16-15)17(2,3)4;/h8-18,20-26H,1-7H3;5-7,9-11H,1-4H3;/q2*-1;/i7D3;1D3;. The van der Waals surface area contributed by atoms with Gasteiger partial charge in [0.25, 0.3) is 0 Å². The summed E-state index contributed by atoms with van der Waals surface area (Å²) >= 11 is 1.64. The summed E-state index contributed by atoms with van der Waals surface area (Å²) in [6.07, 6.45) is 1.92. The van der Waals surface area contributed by atoms with Crippen LogP contribution in [0.1, 0.15) is 95.3 Å². The number of thiophene rings is 1. The molecule has 0 atom stereocenters. The van der Waals surface area contributed by atoms with Gasteiger partial charge in [-0.2, -0.15) is 11.3 Å². The van der Waals surface area contributed by atoms with Crippen molar-refractivity contribution in [3.8, 4) is 28.3 Å². The Morgan fingerprint density at radius 3 is 2.08 bits per heavy atom. The number of aromatic nitrogens is 3. The molecular weight excluding hydrogens is 991 g/mol. The number of hydrogen-bond acceptors (Lipinski definition) is 3. The van der Waals surface area contributed by atoms with Gasteiger partial charge in [-0.15, -0.1) is 53.1 Å². The van der Waals surface area contributed by atoms with Gasteiger partial charge in [-0.05, 0) is 101 Å². The van der Waals surface area contributed by atoms with Crippen molar-refractivity contribution in [1.82, 2.24) is 14.5 Å². The fraction of sp³-hybridized carbons (Fsp3) is 0.241. The van der Waals surface area contributed by atoms with E-state index in [-0.39, 0.29) is 31.9 Å². The van der Waals surface area contributed by atoms with E-state index >= 15 is 0 Å². The molecular formula is C58H57IrN3SSi-2. The number of aryl methyl sites for hydroxylation is 2. The van der Waals surface area contributed by atoms with Crippen LogP contribution in [0.15, 0.2) is 128 Å². The Morgan fingerprint density at radius 2 is 1.42 bits per heavy atom. The smallest absolute Gasteiger partial charge is 0.0795 e. The van der Waals surface area contributed by atoms with Crippen LogP contribution in [0.3, 0.4) is 0 Å². The summed E-state index contributed by atoms with van der Waals surface area (Å²) in [5, 5.41) is 7.67.